The van der Waals surface area contributed by atoms with Crippen molar-refractivity contribution in [2.75, 3.05) is 37.6 Å². The summed E-state index contributed by atoms with van der Waals surface area (Å²) < 4.78 is 0. The maximum atomic E-state index is 12.6. The fourth-order valence-corrected chi connectivity index (χ4v) is 3.61. The van der Waals surface area contributed by atoms with E-state index in [0.717, 1.165) is 10.6 Å². The molecular formula is C19H24ClN3O3. The molecule has 1 aromatic rings. The molecule has 2 heterocycles. The van der Waals surface area contributed by atoms with Gasteiger partial charge >= 0.3 is 0 Å². The maximum absolute atomic E-state index is 12.6. The lowest BCUT2D eigenvalue weighted by molar-refractivity contribution is -0.147. The summed E-state index contributed by atoms with van der Waals surface area (Å²) >= 11 is 5.92. The Hall–Kier alpha value is -2.08. The molecule has 0 bridgehead atoms. The van der Waals surface area contributed by atoms with E-state index < -0.39 is 5.41 Å². The van der Waals surface area contributed by atoms with Crippen LogP contribution in [0.3, 0.4) is 0 Å². The van der Waals surface area contributed by atoms with Crippen LogP contribution in [0, 0.1) is 5.41 Å². The van der Waals surface area contributed by atoms with Gasteiger partial charge < -0.3 is 9.80 Å². The predicted octanol–water partition coefficient (Wildman–Crippen LogP) is 2.16. The molecule has 0 saturated carbocycles. The molecule has 0 N–H and O–H groups in total. The second-order valence-electron chi connectivity index (χ2n) is 7.22. The number of carbonyl (C=O) groups is 3. The molecule has 0 spiro atoms. The Labute approximate surface area is 158 Å². The van der Waals surface area contributed by atoms with Gasteiger partial charge in [-0.05, 0) is 30.7 Å². The van der Waals surface area contributed by atoms with Crippen molar-refractivity contribution in [1.29, 1.82) is 0 Å². The van der Waals surface area contributed by atoms with Crippen LogP contribution in [0.4, 0.5) is 5.69 Å². The molecular weight excluding hydrogens is 354 g/mol. The number of amides is 3. The van der Waals surface area contributed by atoms with Crippen LogP contribution < -0.4 is 4.90 Å². The van der Waals surface area contributed by atoms with Crippen LogP contribution in [-0.2, 0) is 14.4 Å². The number of halogens is 1. The number of imide groups is 1. The standard InChI is InChI=1S/C19H24ClN3O3/c1-3-19(2)12-16(24)23(18(19)26)13-17(25)22-10-8-21(9-11-22)15-6-4-14(20)5-7-15/h4-7H,3,8-13H2,1-2H3. The molecule has 6 nitrogen and oxygen atoms in total. The third-order valence-electron chi connectivity index (χ3n) is 5.50. The first-order chi connectivity index (χ1) is 12.3. The van der Waals surface area contributed by atoms with E-state index in [1.54, 1.807) is 11.8 Å². The SMILES string of the molecule is CCC1(C)CC(=O)N(CC(=O)N2CCN(c3ccc(Cl)cc3)CC2)C1=O. The number of hydrogen-bond donors (Lipinski definition) is 0. The highest BCUT2D eigenvalue weighted by molar-refractivity contribution is 6.30. The van der Waals surface area contributed by atoms with Crippen LogP contribution in [0.15, 0.2) is 24.3 Å². The largest absolute Gasteiger partial charge is 0.368 e. The molecule has 0 aliphatic carbocycles. The fraction of sp³-hybridized carbons (Fsp3) is 0.526. The molecule has 2 saturated heterocycles. The average Bonchev–Trinajstić information content (AvgIpc) is 2.86. The Morgan fingerprint density at radius 3 is 2.27 bits per heavy atom. The molecule has 2 aliphatic heterocycles. The lowest BCUT2D eigenvalue weighted by Crippen LogP contribution is -2.52. The third kappa shape index (κ3) is 3.56. The Kier molecular flexibility index (Phi) is 5.23. The Balaban J connectivity index is 1.56. The number of carbonyl (C=O) groups excluding carboxylic acids is 3. The van der Waals surface area contributed by atoms with E-state index in [0.29, 0.717) is 37.6 Å². The quantitative estimate of drug-likeness (QED) is 0.754. The summed E-state index contributed by atoms with van der Waals surface area (Å²) in [5.41, 5.74) is 0.412. The van der Waals surface area contributed by atoms with Crippen LogP contribution in [0.5, 0.6) is 0 Å². The van der Waals surface area contributed by atoms with Gasteiger partial charge in [0.05, 0.1) is 5.41 Å². The molecule has 7 heteroatoms. The van der Waals surface area contributed by atoms with Gasteiger partial charge in [-0.25, -0.2) is 0 Å². The maximum Gasteiger partial charge on any atom is 0.242 e. The van der Waals surface area contributed by atoms with E-state index in [1.807, 2.05) is 31.2 Å². The number of benzene rings is 1. The van der Waals surface area contributed by atoms with Gasteiger partial charge in [-0.3, -0.25) is 19.3 Å². The van der Waals surface area contributed by atoms with Gasteiger partial charge in [0.1, 0.15) is 6.54 Å². The average molecular weight is 378 g/mol. The number of piperazine rings is 1. The summed E-state index contributed by atoms with van der Waals surface area (Å²) in [5.74, 6) is -0.631. The summed E-state index contributed by atoms with van der Waals surface area (Å²) in [6.45, 7) is 6.11. The molecule has 2 fully saturated rings. The lowest BCUT2D eigenvalue weighted by Gasteiger charge is -2.36. The van der Waals surface area contributed by atoms with Crippen LogP contribution in [0.25, 0.3) is 0 Å². The van der Waals surface area contributed by atoms with E-state index in [9.17, 15) is 14.4 Å². The predicted molar refractivity (Wildman–Crippen MR) is 100.0 cm³/mol. The second kappa shape index (κ2) is 7.27. The topological polar surface area (TPSA) is 60.9 Å². The monoisotopic (exact) mass is 377 g/mol. The van der Waals surface area contributed by atoms with E-state index in [4.69, 9.17) is 11.6 Å². The smallest absolute Gasteiger partial charge is 0.242 e. The Bertz CT molecular complexity index is 713. The summed E-state index contributed by atoms with van der Waals surface area (Å²) in [6.07, 6.45) is 0.794. The van der Waals surface area contributed by atoms with Gasteiger partial charge in [0, 0.05) is 43.3 Å². The summed E-state index contributed by atoms with van der Waals surface area (Å²) in [7, 11) is 0. The van der Waals surface area contributed by atoms with Crippen LogP contribution in [-0.4, -0.2) is 60.2 Å². The molecule has 1 unspecified atom stereocenters. The number of anilines is 1. The molecule has 0 radical (unpaired) electrons. The van der Waals surface area contributed by atoms with Gasteiger partial charge in [0.2, 0.25) is 17.7 Å². The Morgan fingerprint density at radius 1 is 1.12 bits per heavy atom. The van der Waals surface area contributed by atoms with Crippen molar-refractivity contribution in [3.63, 3.8) is 0 Å². The first-order valence-corrected chi connectivity index (χ1v) is 9.35. The second-order valence-corrected chi connectivity index (χ2v) is 7.66. The molecule has 140 valence electrons. The van der Waals surface area contributed by atoms with Gasteiger partial charge in [-0.15, -0.1) is 0 Å². The van der Waals surface area contributed by atoms with Crippen molar-refractivity contribution in [2.24, 2.45) is 5.41 Å². The van der Waals surface area contributed by atoms with E-state index in [-0.39, 0.29) is 30.7 Å². The highest BCUT2D eigenvalue weighted by atomic mass is 35.5. The zero-order chi connectivity index (χ0) is 18.9. The summed E-state index contributed by atoms with van der Waals surface area (Å²) in [6, 6.07) is 7.63. The van der Waals surface area contributed by atoms with E-state index >= 15 is 0 Å². The fourth-order valence-electron chi connectivity index (χ4n) is 3.48. The van der Waals surface area contributed by atoms with Gasteiger partial charge in [0.25, 0.3) is 0 Å². The number of nitrogens with zero attached hydrogens (tertiary/aromatic N) is 3. The third-order valence-corrected chi connectivity index (χ3v) is 5.75. The zero-order valence-corrected chi connectivity index (χ0v) is 16.0. The highest BCUT2D eigenvalue weighted by Gasteiger charge is 2.47. The Morgan fingerprint density at radius 2 is 1.73 bits per heavy atom. The van der Waals surface area contributed by atoms with Crippen molar-refractivity contribution in [3.8, 4) is 0 Å². The molecule has 3 rings (SSSR count). The highest BCUT2D eigenvalue weighted by Crippen LogP contribution is 2.35. The van der Waals surface area contributed by atoms with E-state index in [2.05, 4.69) is 4.90 Å². The van der Waals surface area contributed by atoms with Crippen LogP contribution in [0.2, 0.25) is 5.02 Å². The van der Waals surface area contributed by atoms with Crippen molar-refractivity contribution in [1.82, 2.24) is 9.80 Å². The molecule has 26 heavy (non-hydrogen) atoms. The van der Waals surface area contributed by atoms with Gasteiger partial charge in [0.15, 0.2) is 0 Å². The van der Waals surface area contributed by atoms with Crippen LogP contribution in [0.1, 0.15) is 26.7 Å². The van der Waals surface area contributed by atoms with Crippen molar-refractivity contribution < 1.29 is 14.4 Å². The molecule has 1 atom stereocenters. The normalized spacial score (nSPS) is 23.7. The first-order valence-electron chi connectivity index (χ1n) is 8.97. The minimum absolute atomic E-state index is 0.145. The summed E-state index contributed by atoms with van der Waals surface area (Å²) in [4.78, 5) is 42.3. The number of likely N-dealkylation sites (tertiary alicyclic amines) is 1. The molecule has 2 aliphatic rings. The minimum Gasteiger partial charge on any atom is -0.368 e. The van der Waals surface area contributed by atoms with Crippen molar-refractivity contribution >= 4 is 35.0 Å². The molecule has 1 aromatic carbocycles. The lowest BCUT2D eigenvalue weighted by atomic mass is 9.86. The minimum atomic E-state index is -0.662. The van der Waals surface area contributed by atoms with Crippen LogP contribution >= 0.6 is 11.6 Å². The number of rotatable bonds is 4. The van der Waals surface area contributed by atoms with Gasteiger partial charge in [-0.1, -0.05) is 25.4 Å². The number of hydrogen-bond acceptors (Lipinski definition) is 4. The van der Waals surface area contributed by atoms with E-state index in [1.165, 1.54) is 0 Å². The van der Waals surface area contributed by atoms with Crippen molar-refractivity contribution in [3.05, 3.63) is 29.3 Å². The van der Waals surface area contributed by atoms with Crippen molar-refractivity contribution in [2.45, 2.75) is 26.7 Å². The summed E-state index contributed by atoms with van der Waals surface area (Å²) in [5, 5.41) is 0.696. The molecule has 0 aromatic heterocycles. The first kappa shape index (κ1) is 18.7. The van der Waals surface area contributed by atoms with Gasteiger partial charge in [-0.2, -0.15) is 0 Å². The molecule has 3 amide bonds. The zero-order valence-electron chi connectivity index (χ0n) is 15.2.